The molecule has 0 amide bonds. The van der Waals surface area contributed by atoms with Crippen molar-refractivity contribution in [2.45, 2.75) is 26.4 Å². The van der Waals surface area contributed by atoms with Gasteiger partial charge >= 0.3 is 0 Å². The highest BCUT2D eigenvalue weighted by Gasteiger charge is 2.15. The lowest BCUT2D eigenvalue weighted by Crippen LogP contribution is -2.37. The predicted octanol–water partition coefficient (Wildman–Crippen LogP) is 1.68. The Morgan fingerprint density at radius 1 is 1.26 bits per heavy atom. The zero-order valence-electron chi connectivity index (χ0n) is 11.1. The Kier molecular flexibility index (Phi) is 5.75. The van der Waals surface area contributed by atoms with Crippen LogP contribution >= 0.6 is 11.6 Å². The third kappa shape index (κ3) is 4.56. The van der Waals surface area contributed by atoms with Crippen LogP contribution in [0.3, 0.4) is 0 Å². The summed E-state index contributed by atoms with van der Waals surface area (Å²) in [6.07, 6.45) is 2.14. The predicted molar refractivity (Wildman–Crippen MR) is 72.4 cm³/mol. The van der Waals surface area contributed by atoms with E-state index in [9.17, 15) is 0 Å². The average Bonchev–Trinajstić information content (AvgIpc) is 2.44. The van der Waals surface area contributed by atoms with E-state index in [1.54, 1.807) is 0 Å². The Morgan fingerprint density at radius 2 is 2.05 bits per heavy atom. The summed E-state index contributed by atoms with van der Waals surface area (Å²) in [6, 6.07) is 0. The minimum absolute atomic E-state index is 0.214. The van der Waals surface area contributed by atoms with Crippen molar-refractivity contribution >= 4 is 17.5 Å². The van der Waals surface area contributed by atoms with Crippen molar-refractivity contribution in [3.8, 4) is 0 Å². The van der Waals surface area contributed by atoms with E-state index >= 15 is 0 Å². The van der Waals surface area contributed by atoms with Crippen LogP contribution in [0.25, 0.3) is 0 Å². The largest absolute Gasteiger partial charge is 0.378 e. The summed E-state index contributed by atoms with van der Waals surface area (Å²) in [5.41, 5.74) is 0. The third-order valence-electron chi connectivity index (χ3n) is 2.81. The molecule has 0 bridgehead atoms. The van der Waals surface area contributed by atoms with Crippen molar-refractivity contribution in [1.82, 2.24) is 15.0 Å². The summed E-state index contributed by atoms with van der Waals surface area (Å²) < 4.78 is 10.8. The molecule has 2 rings (SSSR count). The van der Waals surface area contributed by atoms with Gasteiger partial charge in [0.05, 0.1) is 13.2 Å². The highest BCUT2D eigenvalue weighted by Crippen LogP contribution is 2.13. The van der Waals surface area contributed by atoms with E-state index in [-0.39, 0.29) is 5.28 Å². The van der Waals surface area contributed by atoms with E-state index in [0.717, 1.165) is 25.9 Å². The quantitative estimate of drug-likeness (QED) is 0.742. The Morgan fingerprint density at radius 3 is 2.79 bits per heavy atom. The molecule has 0 unspecified atom stereocenters. The first-order valence-electron chi connectivity index (χ1n) is 6.60. The number of hydrogen-bond donors (Lipinski definition) is 0. The van der Waals surface area contributed by atoms with Crippen LogP contribution in [0.1, 0.15) is 25.6 Å². The van der Waals surface area contributed by atoms with Gasteiger partial charge in [0.1, 0.15) is 6.61 Å². The fourth-order valence-electron chi connectivity index (χ4n) is 1.76. The molecule has 2 heterocycles. The van der Waals surface area contributed by atoms with Gasteiger partial charge in [0.25, 0.3) is 0 Å². The molecular weight excluding hydrogens is 268 g/mol. The van der Waals surface area contributed by atoms with Gasteiger partial charge < -0.3 is 14.4 Å². The lowest BCUT2D eigenvalue weighted by molar-refractivity contribution is 0.112. The number of morpholine rings is 1. The molecule has 1 aliphatic heterocycles. The van der Waals surface area contributed by atoms with Crippen LogP contribution in [0.4, 0.5) is 5.95 Å². The van der Waals surface area contributed by atoms with Crippen LogP contribution in [-0.4, -0.2) is 47.9 Å². The number of anilines is 1. The minimum Gasteiger partial charge on any atom is -0.378 e. The summed E-state index contributed by atoms with van der Waals surface area (Å²) in [4.78, 5) is 14.7. The molecule has 0 radical (unpaired) electrons. The smallest absolute Gasteiger partial charge is 0.230 e. The van der Waals surface area contributed by atoms with E-state index in [0.29, 0.717) is 38.2 Å². The van der Waals surface area contributed by atoms with Gasteiger partial charge in [-0.1, -0.05) is 13.3 Å². The van der Waals surface area contributed by atoms with Crippen molar-refractivity contribution in [3.05, 3.63) is 11.1 Å². The van der Waals surface area contributed by atoms with Gasteiger partial charge in [-0.25, -0.2) is 4.98 Å². The molecule has 0 aromatic carbocycles. The highest BCUT2D eigenvalue weighted by atomic mass is 35.5. The number of unbranched alkanes of at least 4 members (excludes halogenated alkanes) is 1. The second-order valence-electron chi connectivity index (χ2n) is 4.33. The van der Waals surface area contributed by atoms with Gasteiger partial charge in [0.15, 0.2) is 5.82 Å². The Labute approximate surface area is 118 Å². The molecule has 106 valence electrons. The molecule has 19 heavy (non-hydrogen) atoms. The zero-order valence-corrected chi connectivity index (χ0v) is 11.9. The van der Waals surface area contributed by atoms with Crippen LogP contribution in [0, 0.1) is 0 Å². The fraction of sp³-hybridized carbons (Fsp3) is 0.750. The standard InChI is InChI=1S/C12H19ClN4O2/c1-2-3-6-19-9-10-14-11(13)16-12(15-10)17-4-7-18-8-5-17/h2-9H2,1H3. The van der Waals surface area contributed by atoms with Crippen molar-refractivity contribution in [2.75, 3.05) is 37.8 Å². The first-order chi connectivity index (χ1) is 9.29. The number of ether oxygens (including phenoxy) is 2. The van der Waals surface area contributed by atoms with Crippen molar-refractivity contribution < 1.29 is 9.47 Å². The Bertz CT molecular complexity index is 399. The number of aromatic nitrogens is 3. The summed E-state index contributed by atoms with van der Waals surface area (Å²) in [5, 5.41) is 0.214. The van der Waals surface area contributed by atoms with E-state index in [1.807, 2.05) is 4.90 Å². The summed E-state index contributed by atoms with van der Waals surface area (Å²) in [6.45, 7) is 6.14. The van der Waals surface area contributed by atoms with Gasteiger partial charge in [0.2, 0.25) is 11.2 Å². The Balaban J connectivity index is 1.97. The van der Waals surface area contributed by atoms with Gasteiger partial charge in [-0.05, 0) is 18.0 Å². The van der Waals surface area contributed by atoms with Gasteiger partial charge in [0, 0.05) is 19.7 Å². The first kappa shape index (κ1) is 14.4. The second-order valence-corrected chi connectivity index (χ2v) is 4.66. The molecule has 1 aliphatic rings. The molecule has 1 aromatic heterocycles. The number of halogens is 1. The molecule has 7 heteroatoms. The number of rotatable bonds is 6. The highest BCUT2D eigenvalue weighted by molar-refractivity contribution is 6.28. The Hall–Kier alpha value is -0.980. The molecule has 1 saturated heterocycles. The summed E-state index contributed by atoms with van der Waals surface area (Å²) >= 11 is 5.93. The maximum atomic E-state index is 5.93. The van der Waals surface area contributed by atoms with E-state index in [4.69, 9.17) is 21.1 Å². The van der Waals surface area contributed by atoms with Gasteiger partial charge in [-0.15, -0.1) is 0 Å². The SMILES string of the molecule is CCCCOCc1nc(Cl)nc(N2CCOCC2)n1. The summed E-state index contributed by atoms with van der Waals surface area (Å²) in [7, 11) is 0. The van der Waals surface area contributed by atoms with Crippen molar-refractivity contribution in [3.63, 3.8) is 0 Å². The van der Waals surface area contributed by atoms with E-state index in [1.165, 1.54) is 0 Å². The van der Waals surface area contributed by atoms with Gasteiger partial charge in [-0.3, -0.25) is 0 Å². The van der Waals surface area contributed by atoms with Crippen LogP contribution in [0.15, 0.2) is 0 Å². The molecule has 1 fully saturated rings. The van der Waals surface area contributed by atoms with E-state index < -0.39 is 0 Å². The second kappa shape index (κ2) is 7.57. The molecule has 6 nitrogen and oxygen atoms in total. The normalized spacial score (nSPS) is 15.8. The van der Waals surface area contributed by atoms with Crippen LogP contribution < -0.4 is 4.90 Å². The molecule has 0 N–H and O–H groups in total. The van der Waals surface area contributed by atoms with E-state index in [2.05, 4.69) is 21.9 Å². The van der Waals surface area contributed by atoms with Crippen molar-refractivity contribution in [1.29, 1.82) is 0 Å². The molecule has 0 saturated carbocycles. The fourth-order valence-corrected chi connectivity index (χ4v) is 1.93. The molecule has 0 spiro atoms. The maximum Gasteiger partial charge on any atom is 0.230 e. The molecular formula is C12H19ClN4O2. The van der Waals surface area contributed by atoms with Gasteiger partial charge in [-0.2, -0.15) is 9.97 Å². The average molecular weight is 287 g/mol. The topological polar surface area (TPSA) is 60.4 Å². The number of nitrogens with zero attached hydrogens (tertiary/aromatic N) is 4. The molecule has 1 aromatic rings. The van der Waals surface area contributed by atoms with Crippen LogP contribution in [-0.2, 0) is 16.1 Å². The monoisotopic (exact) mass is 286 g/mol. The third-order valence-corrected chi connectivity index (χ3v) is 2.98. The molecule has 0 aliphatic carbocycles. The molecule has 0 atom stereocenters. The van der Waals surface area contributed by atoms with Crippen molar-refractivity contribution in [2.24, 2.45) is 0 Å². The number of hydrogen-bond acceptors (Lipinski definition) is 6. The first-order valence-corrected chi connectivity index (χ1v) is 6.98. The lowest BCUT2D eigenvalue weighted by atomic mass is 10.4. The minimum atomic E-state index is 0.214. The zero-order chi connectivity index (χ0) is 13.5. The lowest BCUT2D eigenvalue weighted by Gasteiger charge is -2.26. The summed E-state index contributed by atoms with van der Waals surface area (Å²) in [5.74, 6) is 1.19. The maximum absolute atomic E-state index is 5.93. The van der Waals surface area contributed by atoms with Crippen LogP contribution in [0.5, 0.6) is 0 Å². The van der Waals surface area contributed by atoms with Crippen LogP contribution in [0.2, 0.25) is 5.28 Å².